The molecule has 7 heteroatoms. The normalized spacial score (nSPS) is 17.5. The first-order valence-electron chi connectivity index (χ1n) is 8.73. The Bertz CT molecular complexity index is 908. The summed E-state index contributed by atoms with van der Waals surface area (Å²) < 4.78 is 7.86. The third-order valence-electron chi connectivity index (χ3n) is 4.86. The van der Waals surface area contributed by atoms with Crippen LogP contribution >= 0.6 is 0 Å². The van der Waals surface area contributed by atoms with Gasteiger partial charge in [-0.1, -0.05) is 0 Å². The first-order chi connectivity index (χ1) is 12.6. The van der Waals surface area contributed by atoms with Gasteiger partial charge >= 0.3 is 0 Å². The largest absolute Gasteiger partial charge is 0.368 e. The predicted molar refractivity (Wildman–Crippen MR) is 98.9 cm³/mol. The molecule has 1 saturated heterocycles. The van der Waals surface area contributed by atoms with Crippen molar-refractivity contribution >= 4 is 5.82 Å². The number of aryl methyl sites for hydroxylation is 2. The summed E-state index contributed by atoms with van der Waals surface area (Å²) in [5.41, 5.74) is 4.15. The Kier molecular flexibility index (Phi) is 4.38. The van der Waals surface area contributed by atoms with Gasteiger partial charge in [0.2, 0.25) is 0 Å². The minimum atomic E-state index is -0.0182. The van der Waals surface area contributed by atoms with Crippen LogP contribution in [0.15, 0.2) is 36.8 Å². The minimum absolute atomic E-state index is 0.0182. The summed E-state index contributed by atoms with van der Waals surface area (Å²) in [5.74, 6) is 1.70. The van der Waals surface area contributed by atoms with Crippen LogP contribution < -0.4 is 4.90 Å². The van der Waals surface area contributed by atoms with Gasteiger partial charge in [0.05, 0.1) is 18.8 Å². The zero-order valence-corrected chi connectivity index (χ0v) is 15.3. The molecular formula is C19H22N6O. The molecule has 1 fully saturated rings. The maximum absolute atomic E-state index is 5.99. The second kappa shape index (κ2) is 6.84. The summed E-state index contributed by atoms with van der Waals surface area (Å²) in [7, 11) is 1.94. The molecule has 26 heavy (non-hydrogen) atoms. The molecule has 0 aromatic carbocycles. The number of ether oxygens (including phenoxy) is 1. The van der Waals surface area contributed by atoms with Crippen molar-refractivity contribution in [2.45, 2.75) is 20.0 Å². The number of pyridine rings is 1. The monoisotopic (exact) mass is 350 g/mol. The van der Waals surface area contributed by atoms with E-state index in [2.05, 4.69) is 26.9 Å². The molecule has 1 aliphatic heterocycles. The lowest BCUT2D eigenvalue weighted by atomic mass is 10.1. The summed E-state index contributed by atoms with van der Waals surface area (Å²) in [6.07, 6.45) is 5.32. The summed E-state index contributed by atoms with van der Waals surface area (Å²) >= 11 is 0. The van der Waals surface area contributed by atoms with Gasteiger partial charge in [0.25, 0.3) is 0 Å². The Morgan fingerprint density at radius 3 is 2.62 bits per heavy atom. The highest BCUT2D eigenvalue weighted by molar-refractivity contribution is 5.60. The van der Waals surface area contributed by atoms with Gasteiger partial charge in [0, 0.05) is 49.0 Å². The lowest BCUT2D eigenvalue weighted by Crippen LogP contribution is -2.40. The number of hydrogen-bond acceptors (Lipinski definition) is 6. The number of hydrogen-bond donors (Lipinski definition) is 0. The quantitative estimate of drug-likeness (QED) is 0.723. The molecule has 1 atom stereocenters. The molecule has 0 bridgehead atoms. The Hall–Kier alpha value is -2.80. The molecule has 0 amide bonds. The zero-order valence-electron chi connectivity index (χ0n) is 15.3. The fourth-order valence-electron chi connectivity index (χ4n) is 3.27. The molecule has 0 aliphatic carbocycles. The molecule has 1 aliphatic rings. The number of aromatic nitrogens is 5. The van der Waals surface area contributed by atoms with Crippen molar-refractivity contribution in [3.63, 3.8) is 0 Å². The van der Waals surface area contributed by atoms with E-state index >= 15 is 0 Å². The average Bonchev–Trinajstić information content (AvgIpc) is 3.10. The van der Waals surface area contributed by atoms with Crippen molar-refractivity contribution in [2.75, 3.05) is 24.6 Å². The van der Waals surface area contributed by atoms with E-state index in [1.54, 1.807) is 18.6 Å². The van der Waals surface area contributed by atoms with E-state index in [0.29, 0.717) is 6.61 Å². The van der Waals surface area contributed by atoms with Gasteiger partial charge in [-0.05, 0) is 32.0 Å². The first-order valence-corrected chi connectivity index (χ1v) is 8.73. The van der Waals surface area contributed by atoms with Crippen molar-refractivity contribution < 1.29 is 4.74 Å². The molecule has 0 radical (unpaired) electrons. The minimum Gasteiger partial charge on any atom is -0.368 e. The van der Waals surface area contributed by atoms with Crippen LogP contribution in [0.3, 0.4) is 0 Å². The highest BCUT2D eigenvalue weighted by atomic mass is 16.5. The highest BCUT2D eigenvalue weighted by Gasteiger charge is 2.26. The second-order valence-electron chi connectivity index (χ2n) is 6.50. The lowest BCUT2D eigenvalue weighted by molar-refractivity contribution is 0.0343. The first kappa shape index (κ1) is 16.7. The summed E-state index contributed by atoms with van der Waals surface area (Å²) in [6.45, 7) is 6.32. The third-order valence-corrected chi connectivity index (χ3v) is 4.86. The maximum Gasteiger partial charge on any atom is 0.161 e. The molecule has 0 spiro atoms. The van der Waals surface area contributed by atoms with Crippen molar-refractivity contribution in [1.82, 2.24) is 24.7 Å². The smallest absolute Gasteiger partial charge is 0.161 e. The van der Waals surface area contributed by atoms with E-state index in [1.807, 2.05) is 36.9 Å². The summed E-state index contributed by atoms with van der Waals surface area (Å²) in [4.78, 5) is 15.9. The fraction of sp³-hybridized carbons (Fsp3) is 0.368. The zero-order chi connectivity index (χ0) is 18.1. The molecule has 7 nitrogen and oxygen atoms in total. The van der Waals surface area contributed by atoms with Crippen LogP contribution in [-0.4, -0.2) is 44.4 Å². The molecule has 0 N–H and O–H groups in total. The van der Waals surface area contributed by atoms with E-state index < -0.39 is 0 Å². The average molecular weight is 350 g/mol. The molecular weight excluding hydrogens is 328 g/mol. The van der Waals surface area contributed by atoms with Crippen LogP contribution in [0.2, 0.25) is 0 Å². The van der Waals surface area contributed by atoms with E-state index in [-0.39, 0.29) is 6.10 Å². The van der Waals surface area contributed by atoms with Gasteiger partial charge in [-0.15, -0.1) is 0 Å². The Labute approximate surface area is 152 Å². The SMILES string of the molecule is Cc1nc(-c2ccncc2)nc(N2CCOC(c3ccnn3C)C2)c1C. The molecule has 4 rings (SSSR count). The van der Waals surface area contributed by atoms with Gasteiger partial charge in [-0.25, -0.2) is 9.97 Å². The van der Waals surface area contributed by atoms with E-state index in [4.69, 9.17) is 9.72 Å². The summed E-state index contributed by atoms with van der Waals surface area (Å²) in [5, 5.41) is 4.26. The standard InChI is InChI=1S/C19H22N6O/c1-13-14(2)22-18(15-4-7-20-8-5-15)23-19(13)25-10-11-26-17(12-25)16-6-9-21-24(16)3/h4-9,17H,10-12H2,1-3H3. The number of anilines is 1. The Balaban J connectivity index is 1.68. The van der Waals surface area contributed by atoms with E-state index in [9.17, 15) is 0 Å². The van der Waals surface area contributed by atoms with Crippen molar-refractivity contribution in [1.29, 1.82) is 0 Å². The fourth-order valence-corrected chi connectivity index (χ4v) is 3.27. The second-order valence-corrected chi connectivity index (χ2v) is 6.50. The van der Waals surface area contributed by atoms with Crippen LogP contribution in [0.1, 0.15) is 23.1 Å². The van der Waals surface area contributed by atoms with Crippen LogP contribution in [0.4, 0.5) is 5.82 Å². The van der Waals surface area contributed by atoms with Gasteiger partial charge in [-0.3, -0.25) is 9.67 Å². The van der Waals surface area contributed by atoms with Crippen LogP contribution in [-0.2, 0) is 11.8 Å². The predicted octanol–water partition coefficient (Wildman–Crippen LogP) is 2.47. The summed E-state index contributed by atoms with van der Waals surface area (Å²) in [6, 6.07) is 5.88. The molecule has 4 heterocycles. The number of morpholine rings is 1. The third kappa shape index (κ3) is 3.06. The molecule has 3 aromatic rings. The number of rotatable bonds is 3. The van der Waals surface area contributed by atoms with Crippen LogP contribution in [0.5, 0.6) is 0 Å². The van der Waals surface area contributed by atoms with Gasteiger partial charge in [0.1, 0.15) is 11.9 Å². The van der Waals surface area contributed by atoms with Crippen molar-refractivity contribution in [3.05, 3.63) is 53.7 Å². The van der Waals surface area contributed by atoms with Gasteiger partial charge in [0.15, 0.2) is 5.82 Å². The van der Waals surface area contributed by atoms with Crippen LogP contribution in [0, 0.1) is 13.8 Å². The number of nitrogens with zero attached hydrogens (tertiary/aromatic N) is 6. The van der Waals surface area contributed by atoms with Crippen molar-refractivity contribution in [2.24, 2.45) is 7.05 Å². The van der Waals surface area contributed by atoms with Gasteiger partial charge in [-0.2, -0.15) is 5.10 Å². The molecule has 0 saturated carbocycles. The highest BCUT2D eigenvalue weighted by Crippen LogP contribution is 2.29. The molecule has 1 unspecified atom stereocenters. The Morgan fingerprint density at radius 2 is 1.88 bits per heavy atom. The molecule has 134 valence electrons. The van der Waals surface area contributed by atoms with E-state index in [1.165, 1.54) is 0 Å². The van der Waals surface area contributed by atoms with Crippen LogP contribution in [0.25, 0.3) is 11.4 Å². The maximum atomic E-state index is 5.99. The van der Waals surface area contributed by atoms with Crippen molar-refractivity contribution in [3.8, 4) is 11.4 Å². The topological polar surface area (TPSA) is 69.0 Å². The molecule has 3 aromatic heterocycles. The van der Waals surface area contributed by atoms with E-state index in [0.717, 1.165) is 47.2 Å². The van der Waals surface area contributed by atoms with Gasteiger partial charge < -0.3 is 9.64 Å². The Morgan fingerprint density at radius 1 is 1.08 bits per heavy atom. The lowest BCUT2D eigenvalue weighted by Gasteiger charge is -2.34.